The molecule has 3 rings (SSSR count). The van der Waals surface area contributed by atoms with Gasteiger partial charge in [-0.05, 0) is 31.2 Å². The molecule has 100 valence electrons. The standard InChI is InChI=1S/C14H11N3O2S/c1-9-8-12(17-19-9)13(18)16-11-4-2-10(3-5-11)14-15-6-7-20-14/h2-8H,1H3,(H,16,18). The summed E-state index contributed by atoms with van der Waals surface area (Å²) in [7, 11) is 0. The molecule has 2 heterocycles. The van der Waals surface area contributed by atoms with E-state index in [1.165, 1.54) is 0 Å². The van der Waals surface area contributed by atoms with Crippen molar-refractivity contribution in [3.05, 3.63) is 53.4 Å². The molecule has 0 aliphatic heterocycles. The first-order valence-electron chi connectivity index (χ1n) is 5.97. The van der Waals surface area contributed by atoms with Crippen LogP contribution in [0.4, 0.5) is 5.69 Å². The second kappa shape index (κ2) is 5.26. The highest BCUT2D eigenvalue weighted by molar-refractivity contribution is 7.13. The summed E-state index contributed by atoms with van der Waals surface area (Å²) in [6.45, 7) is 1.74. The van der Waals surface area contributed by atoms with Gasteiger partial charge in [-0.15, -0.1) is 11.3 Å². The summed E-state index contributed by atoms with van der Waals surface area (Å²) < 4.78 is 4.87. The zero-order chi connectivity index (χ0) is 13.9. The number of carbonyl (C=O) groups is 1. The van der Waals surface area contributed by atoms with Crippen LogP contribution in [0.15, 0.2) is 46.4 Å². The number of benzene rings is 1. The number of amides is 1. The molecule has 5 nitrogen and oxygen atoms in total. The van der Waals surface area contributed by atoms with Crippen LogP contribution in [-0.4, -0.2) is 16.0 Å². The first kappa shape index (κ1) is 12.6. The number of rotatable bonds is 3. The number of hydrogen-bond donors (Lipinski definition) is 1. The maximum absolute atomic E-state index is 11.9. The summed E-state index contributed by atoms with van der Waals surface area (Å²) in [5.41, 5.74) is 2.00. The van der Waals surface area contributed by atoms with Gasteiger partial charge < -0.3 is 9.84 Å². The predicted octanol–water partition coefficient (Wildman–Crippen LogP) is 3.36. The van der Waals surface area contributed by atoms with E-state index in [2.05, 4.69) is 15.5 Å². The Hall–Kier alpha value is -2.47. The smallest absolute Gasteiger partial charge is 0.277 e. The first-order valence-corrected chi connectivity index (χ1v) is 6.85. The van der Waals surface area contributed by atoms with E-state index in [1.54, 1.807) is 30.5 Å². The van der Waals surface area contributed by atoms with Gasteiger partial charge in [0.15, 0.2) is 5.69 Å². The van der Waals surface area contributed by atoms with Crippen molar-refractivity contribution < 1.29 is 9.32 Å². The lowest BCUT2D eigenvalue weighted by atomic mass is 10.2. The maximum atomic E-state index is 11.9. The third kappa shape index (κ3) is 2.60. The average Bonchev–Trinajstić information content (AvgIpc) is 3.10. The molecular formula is C14H11N3O2S. The molecule has 6 heteroatoms. The van der Waals surface area contributed by atoms with Gasteiger partial charge in [-0.25, -0.2) is 4.98 Å². The van der Waals surface area contributed by atoms with Crippen molar-refractivity contribution >= 4 is 22.9 Å². The van der Waals surface area contributed by atoms with E-state index < -0.39 is 0 Å². The predicted molar refractivity (Wildman–Crippen MR) is 76.7 cm³/mol. The van der Waals surface area contributed by atoms with Crippen molar-refractivity contribution in [2.45, 2.75) is 6.92 Å². The van der Waals surface area contributed by atoms with E-state index in [-0.39, 0.29) is 11.6 Å². The fourth-order valence-electron chi connectivity index (χ4n) is 1.73. The Morgan fingerprint density at radius 3 is 2.70 bits per heavy atom. The molecule has 0 bridgehead atoms. The van der Waals surface area contributed by atoms with Crippen molar-refractivity contribution in [2.24, 2.45) is 0 Å². The number of nitrogens with zero attached hydrogens (tertiary/aromatic N) is 2. The molecule has 20 heavy (non-hydrogen) atoms. The third-order valence-corrected chi connectivity index (χ3v) is 3.50. The Morgan fingerprint density at radius 2 is 2.10 bits per heavy atom. The molecule has 0 saturated heterocycles. The number of aromatic nitrogens is 2. The van der Waals surface area contributed by atoms with Crippen molar-refractivity contribution in [2.75, 3.05) is 5.32 Å². The molecule has 0 radical (unpaired) electrons. The van der Waals surface area contributed by atoms with E-state index in [4.69, 9.17) is 4.52 Å². The molecule has 1 N–H and O–H groups in total. The lowest BCUT2D eigenvalue weighted by Crippen LogP contribution is -2.11. The van der Waals surface area contributed by atoms with Crippen LogP contribution in [-0.2, 0) is 0 Å². The van der Waals surface area contributed by atoms with Gasteiger partial charge in [0.25, 0.3) is 5.91 Å². The largest absolute Gasteiger partial charge is 0.361 e. The van der Waals surface area contributed by atoms with Crippen molar-refractivity contribution in [1.29, 1.82) is 0 Å². The van der Waals surface area contributed by atoms with E-state index in [9.17, 15) is 4.79 Å². The summed E-state index contributed by atoms with van der Waals surface area (Å²) in [5.74, 6) is 0.318. The van der Waals surface area contributed by atoms with Crippen LogP contribution in [0.25, 0.3) is 10.6 Å². The highest BCUT2D eigenvalue weighted by atomic mass is 32.1. The highest BCUT2D eigenvalue weighted by Crippen LogP contribution is 2.23. The quantitative estimate of drug-likeness (QED) is 0.801. The SMILES string of the molecule is Cc1cc(C(=O)Nc2ccc(-c3nccs3)cc2)no1. The summed E-state index contributed by atoms with van der Waals surface area (Å²) >= 11 is 1.57. The minimum absolute atomic E-state index is 0.270. The van der Waals surface area contributed by atoms with Gasteiger partial charge in [-0.2, -0.15) is 0 Å². The van der Waals surface area contributed by atoms with Crippen LogP contribution in [0.3, 0.4) is 0 Å². The summed E-state index contributed by atoms with van der Waals surface area (Å²) in [4.78, 5) is 16.1. The van der Waals surface area contributed by atoms with E-state index in [1.807, 2.05) is 29.6 Å². The van der Waals surface area contributed by atoms with Crippen LogP contribution in [0.2, 0.25) is 0 Å². The molecule has 0 unspecified atom stereocenters. The van der Waals surface area contributed by atoms with Gasteiger partial charge in [0.2, 0.25) is 0 Å². The van der Waals surface area contributed by atoms with Crippen molar-refractivity contribution in [3.8, 4) is 10.6 Å². The number of anilines is 1. The molecule has 0 aliphatic carbocycles. The summed E-state index contributed by atoms with van der Waals surface area (Å²) in [6.07, 6.45) is 1.77. The van der Waals surface area contributed by atoms with Gasteiger partial charge >= 0.3 is 0 Å². The molecule has 1 aromatic carbocycles. The number of carbonyl (C=O) groups excluding carboxylic acids is 1. The number of thiazole rings is 1. The van der Waals surface area contributed by atoms with Crippen LogP contribution in [0.5, 0.6) is 0 Å². The molecule has 0 aliphatic rings. The second-order valence-corrected chi connectivity index (χ2v) is 5.09. The third-order valence-electron chi connectivity index (χ3n) is 2.68. The van der Waals surface area contributed by atoms with Crippen LogP contribution >= 0.6 is 11.3 Å². The number of aryl methyl sites for hydroxylation is 1. The van der Waals surface area contributed by atoms with Crippen molar-refractivity contribution in [3.63, 3.8) is 0 Å². The number of hydrogen-bond acceptors (Lipinski definition) is 5. The van der Waals surface area contributed by atoms with Gasteiger partial charge in [0, 0.05) is 28.9 Å². The minimum Gasteiger partial charge on any atom is -0.361 e. The van der Waals surface area contributed by atoms with Crippen LogP contribution in [0, 0.1) is 6.92 Å². The highest BCUT2D eigenvalue weighted by Gasteiger charge is 2.11. The van der Waals surface area contributed by atoms with Gasteiger partial charge in [-0.3, -0.25) is 4.79 Å². The summed E-state index contributed by atoms with van der Waals surface area (Å²) in [6, 6.07) is 9.10. The Bertz CT molecular complexity index is 717. The monoisotopic (exact) mass is 285 g/mol. The van der Waals surface area contributed by atoms with Crippen LogP contribution < -0.4 is 5.32 Å². The Labute approximate surface area is 119 Å². The molecule has 1 amide bonds. The lowest BCUT2D eigenvalue weighted by Gasteiger charge is -2.03. The molecule has 2 aromatic heterocycles. The Balaban J connectivity index is 1.74. The van der Waals surface area contributed by atoms with Gasteiger partial charge in [0.05, 0.1) is 0 Å². The first-order chi connectivity index (χ1) is 9.72. The number of nitrogens with one attached hydrogen (secondary N) is 1. The lowest BCUT2D eigenvalue weighted by molar-refractivity contribution is 0.101. The second-order valence-electron chi connectivity index (χ2n) is 4.19. The van der Waals surface area contributed by atoms with E-state index in [0.29, 0.717) is 11.4 Å². The minimum atomic E-state index is -0.288. The average molecular weight is 285 g/mol. The normalized spacial score (nSPS) is 10.4. The van der Waals surface area contributed by atoms with Crippen molar-refractivity contribution in [1.82, 2.24) is 10.1 Å². The zero-order valence-electron chi connectivity index (χ0n) is 10.7. The Morgan fingerprint density at radius 1 is 1.30 bits per heavy atom. The molecule has 0 atom stereocenters. The fourth-order valence-corrected chi connectivity index (χ4v) is 2.38. The van der Waals surface area contributed by atoms with E-state index >= 15 is 0 Å². The molecule has 0 spiro atoms. The van der Waals surface area contributed by atoms with E-state index in [0.717, 1.165) is 10.6 Å². The maximum Gasteiger partial charge on any atom is 0.277 e. The Kier molecular flexibility index (Phi) is 3.30. The summed E-state index contributed by atoms with van der Waals surface area (Å²) in [5, 5.41) is 9.32. The van der Waals surface area contributed by atoms with Gasteiger partial charge in [0.1, 0.15) is 10.8 Å². The van der Waals surface area contributed by atoms with Crippen LogP contribution in [0.1, 0.15) is 16.2 Å². The molecule has 3 aromatic rings. The molecular weight excluding hydrogens is 274 g/mol. The van der Waals surface area contributed by atoms with Gasteiger partial charge in [-0.1, -0.05) is 5.16 Å². The fraction of sp³-hybridized carbons (Fsp3) is 0.0714. The topological polar surface area (TPSA) is 68.0 Å². The molecule has 0 fully saturated rings. The molecule has 0 saturated carbocycles. The zero-order valence-corrected chi connectivity index (χ0v) is 11.5.